The molecule has 28 heavy (non-hydrogen) atoms. The van der Waals surface area contributed by atoms with Crippen molar-refractivity contribution in [3.8, 4) is 0 Å². The smallest absolute Gasteiger partial charge is 0.305 e. The average molecular weight is 392 g/mol. The van der Waals surface area contributed by atoms with Crippen molar-refractivity contribution in [2.45, 2.75) is 91.5 Å². The van der Waals surface area contributed by atoms with E-state index in [4.69, 9.17) is 0 Å². The molecule has 1 unspecified atom stereocenters. The van der Waals surface area contributed by atoms with E-state index in [1.54, 1.807) is 0 Å². The summed E-state index contributed by atoms with van der Waals surface area (Å²) in [5.41, 5.74) is 0.355. The molecular weight excluding hydrogens is 350 g/mol. The first-order valence-corrected chi connectivity index (χ1v) is 11.3. The Hall–Kier alpha value is -1.32. The summed E-state index contributed by atoms with van der Waals surface area (Å²) < 4.78 is 4.68. The highest BCUT2D eigenvalue weighted by Gasteiger charge is 2.57. The zero-order chi connectivity index (χ0) is 20.7. The van der Waals surface area contributed by atoms with E-state index in [2.05, 4.69) is 49.9 Å². The maximum atomic E-state index is 12.7. The fourth-order valence-corrected chi connectivity index (χ4v) is 5.38. The first-order chi connectivity index (χ1) is 13.3. The lowest BCUT2D eigenvalue weighted by Crippen LogP contribution is -2.63. The average Bonchev–Trinajstić information content (AvgIpc) is 2.64. The topological polar surface area (TPSA) is 55.4 Å². The Morgan fingerprint density at radius 1 is 1.25 bits per heavy atom. The van der Waals surface area contributed by atoms with Crippen molar-refractivity contribution in [2.75, 3.05) is 7.11 Å². The van der Waals surface area contributed by atoms with Crippen LogP contribution in [0.3, 0.4) is 0 Å². The van der Waals surface area contributed by atoms with Crippen LogP contribution in [-0.2, 0) is 14.3 Å². The molecule has 0 aromatic heterocycles. The maximum absolute atomic E-state index is 12.7. The summed E-state index contributed by atoms with van der Waals surface area (Å²) in [5, 5.41) is 3.44. The SMILES string of the molecule is CCCC(C)CC(=O)N[C@@H]1[C@@H](C/C=C\CCCC(=O)OC)C[C@@H]2C[C@H]1C2(C)C. The monoisotopic (exact) mass is 391 g/mol. The summed E-state index contributed by atoms with van der Waals surface area (Å²) >= 11 is 0. The van der Waals surface area contributed by atoms with Gasteiger partial charge in [0.05, 0.1) is 7.11 Å². The van der Waals surface area contributed by atoms with Gasteiger partial charge in [-0.2, -0.15) is 0 Å². The zero-order valence-corrected chi connectivity index (χ0v) is 18.6. The van der Waals surface area contributed by atoms with Gasteiger partial charge in [0.1, 0.15) is 0 Å². The lowest BCUT2D eigenvalue weighted by atomic mass is 9.44. The quantitative estimate of drug-likeness (QED) is 0.296. The van der Waals surface area contributed by atoms with E-state index in [-0.39, 0.29) is 11.9 Å². The van der Waals surface area contributed by atoms with Gasteiger partial charge in [0.2, 0.25) is 5.91 Å². The Bertz CT molecular complexity index is 554. The molecule has 5 atom stereocenters. The largest absolute Gasteiger partial charge is 0.469 e. The summed E-state index contributed by atoms with van der Waals surface area (Å²) in [6, 6.07) is 0.307. The minimum absolute atomic E-state index is 0.136. The molecule has 3 aliphatic rings. The number of hydrogen-bond donors (Lipinski definition) is 1. The first kappa shape index (κ1) is 23.0. The van der Waals surface area contributed by atoms with E-state index in [1.165, 1.54) is 20.0 Å². The van der Waals surface area contributed by atoms with Gasteiger partial charge in [-0.15, -0.1) is 0 Å². The Balaban J connectivity index is 1.87. The van der Waals surface area contributed by atoms with Crippen molar-refractivity contribution in [1.82, 2.24) is 5.32 Å². The molecular formula is C24H41NO3. The highest BCUT2D eigenvalue weighted by Crippen LogP contribution is 2.61. The predicted molar refractivity (Wildman–Crippen MR) is 114 cm³/mol. The van der Waals surface area contributed by atoms with Gasteiger partial charge in [-0.05, 0) is 61.2 Å². The van der Waals surface area contributed by atoms with Crippen molar-refractivity contribution in [1.29, 1.82) is 0 Å². The Kier molecular flexibility index (Phi) is 8.57. The predicted octanol–water partition coefficient (Wildman–Crippen LogP) is 5.27. The van der Waals surface area contributed by atoms with Crippen molar-refractivity contribution in [2.24, 2.45) is 29.1 Å². The van der Waals surface area contributed by atoms with Crippen LogP contribution in [-0.4, -0.2) is 25.0 Å². The fraction of sp³-hybridized carbons (Fsp3) is 0.833. The zero-order valence-electron chi connectivity index (χ0n) is 18.6. The molecule has 3 saturated carbocycles. The molecule has 0 radical (unpaired) electrons. The Morgan fingerprint density at radius 2 is 2.00 bits per heavy atom. The van der Waals surface area contributed by atoms with Gasteiger partial charge < -0.3 is 10.1 Å². The molecule has 3 rings (SSSR count). The minimum atomic E-state index is -0.136. The molecule has 2 bridgehead atoms. The fourth-order valence-electron chi connectivity index (χ4n) is 5.38. The molecule has 4 nitrogen and oxygen atoms in total. The Morgan fingerprint density at radius 3 is 2.64 bits per heavy atom. The number of carbonyl (C=O) groups is 2. The lowest BCUT2D eigenvalue weighted by molar-refractivity contribution is -0.140. The second-order valence-corrected chi connectivity index (χ2v) is 9.72. The van der Waals surface area contributed by atoms with Gasteiger partial charge in [-0.1, -0.05) is 52.7 Å². The molecule has 0 aromatic rings. The van der Waals surface area contributed by atoms with Crippen LogP contribution in [0.5, 0.6) is 0 Å². The summed E-state index contributed by atoms with van der Waals surface area (Å²) in [6.07, 6.45) is 13.1. The first-order valence-electron chi connectivity index (χ1n) is 11.3. The number of esters is 1. The van der Waals surface area contributed by atoms with E-state index in [9.17, 15) is 9.59 Å². The molecule has 3 fully saturated rings. The number of ether oxygens (including phenoxy) is 1. The van der Waals surface area contributed by atoms with Crippen LogP contribution < -0.4 is 5.32 Å². The molecule has 0 saturated heterocycles. The van der Waals surface area contributed by atoms with Gasteiger partial charge in [0.25, 0.3) is 0 Å². The second-order valence-electron chi connectivity index (χ2n) is 9.72. The van der Waals surface area contributed by atoms with E-state index in [0.29, 0.717) is 42.1 Å². The third-order valence-corrected chi connectivity index (χ3v) is 7.30. The second kappa shape index (κ2) is 10.5. The van der Waals surface area contributed by atoms with Crippen LogP contribution in [0.25, 0.3) is 0 Å². The maximum Gasteiger partial charge on any atom is 0.305 e. The molecule has 0 aromatic carbocycles. The molecule has 4 heteroatoms. The van der Waals surface area contributed by atoms with Crippen LogP contribution in [0.15, 0.2) is 12.2 Å². The minimum Gasteiger partial charge on any atom is -0.469 e. The van der Waals surface area contributed by atoms with E-state index in [1.807, 2.05) is 0 Å². The number of unbranched alkanes of at least 4 members (excludes halogenated alkanes) is 1. The Labute approximate surface area is 171 Å². The van der Waals surface area contributed by atoms with Crippen molar-refractivity contribution >= 4 is 11.9 Å². The number of carbonyl (C=O) groups excluding carboxylic acids is 2. The molecule has 1 N–H and O–H groups in total. The summed E-state index contributed by atoms with van der Waals surface area (Å²) in [6.45, 7) is 9.12. The highest BCUT2D eigenvalue weighted by atomic mass is 16.5. The van der Waals surface area contributed by atoms with Crippen LogP contribution >= 0.6 is 0 Å². The molecule has 3 aliphatic carbocycles. The van der Waals surface area contributed by atoms with Gasteiger partial charge in [-0.25, -0.2) is 0 Å². The number of fused-ring (bicyclic) bond motifs is 2. The van der Waals surface area contributed by atoms with Gasteiger partial charge in [0.15, 0.2) is 0 Å². The van der Waals surface area contributed by atoms with Crippen LogP contribution in [0.4, 0.5) is 0 Å². The number of hydrogen-bond acceptors (Lipinski definition) is 3. The standard InChI is InChI=1S/C24H41NO3/c1-6-11-17(2)14-21(26)25-23-18(15-19-16-20(23)24(19,3)4)12-9-7-8-10-13-22(27)28-5/h7,9,17-20,23H,6,8,10-16H2,1-5H3,(H,25,26)/b9-7-/t17?,18-,19+,20+,23+/m0/s1. The van der Waals surface area contributed by atoms with Gasteiger partial charge in [-0.3, -0.25) is 9.59 Å². The number of methoxy groups -OCH3 is 1. The van der Waals surface area contributed by atoms with Crippen LogP contribution in [0.2, 0.25) is 0 Å². The summed E-state index contributed by atoms with van der Waals surface area (Å²) in [5.74, 6) is 2.50. The third-order valence-electron chi connectivity index (χ3n) is 7.30. The molecule has 0 spiro atoms. The lowest BCUT2D eigenvalue weighted by Gasteiger charge is -2.62. The van der Waals surface area contributed by atoms with Gasteiger partial charge >= 0.3 is 5.97 Å². The van der Waals surface area contributed by atoms with Crippen molar-refractivity contribution in [3.05, 3.63) is 12.2 Å². The number of amides is 1. The molecule has 0 aliphatic heterocycles. The summed E-state index contributed by atoms with van der Waals surface area (Å²) in [7, 11) is 1.44. The third kappa shape index (κ3) is 5.84. The number of nitrogens with one attached hydrogen (secondary N) is 1. The number of rotatable bonds is 11. The van der Waals surface area contributed by atoms with Crippen molar-refractivity contribution in [3.63, 3.8) is 0 Å². The summed E-state index contributed by atoms with van der Waals surface area (Å²) in [4.78, 5) is 23.8. The van der Waals surface area contributed by atoms with E-state index in [0.717, 1.165) is 38.0 Å². The van der Waals surface area contributed by atoms with E-state index < -0.39 is 0 Å². The molecule has 1 amide bonds. The normalized spacial score (nSPS) is 29.2. The number of allylic oxidation sites excluding steroid dienone is 2. The van der Waals surface area contributed by atoms with Crippen molar-refractivity contribution < 1.29 is 14.3 Å². The van der Waals surface area contributed by atoms with Crippen LogP contribution in [0.1, 0.15) is 85.5 Å². The highest BCUT2D eigenvalue weighted by molar-refractivity contribution is 5.76. The van der Waals surface area contributed by atoms with E-state index >= 15 is 0 Å². The van der Waals surface area contributed by atoms with Gasteiger partial charge in [0, 0.05) is 18.9 Å². The molecule has 160 valence electrons. The van der Waals surface area contributed by atoms with Crippen LogP contribution in [0, 0.1) is 29.1 Å². The molecule has 0 heterocycles.